The highest BCUT2D eigenvalue weighted by Crippen LogP contribution is 2.36. The zero-order valence-electron chi connectivity index (χ0n) is 11.5. The molecule has 2 aromatic rings. The number of hydrogen-bond donors (Lipinski definition) is 1. The number of ether oxygens (including phenoxy) is 1. The molecule has 5 nitrogen and oxygen atoms in total. The molecule has 0 radical (unpaired) electrons. The van der Waals surface area contributed by atoms with Gasteiger partial charge in [0.1, 0.15) is 17.4 Å². The van der Waals surface area contributed by atoms with Crippen LogP contribution in [0.3, 0.4) is 0 Å². The molecule has 1 aromatic heterocycles. The molecule has 2 heterocycles. The molecule has 0 saturated carbocycles. The summed E-state index contributed by atoms with van der Waals surface area (Å²) in [5.74, 6) is 2.18. The highest BCUT2D eigenvalue weighted by Gasteiger charge is 2.27. The van der Waals surface area contributed by atoms with E-state index in [-0.39, 0.29) is 0 Å². The molecule has 2 N–H and O–H groups in total. The van der Waals surface area contributed by atoms with Crippen LogP contribution < -0.4 is 15.4 Å². The number of nitrogens with zero attached hydrogens (tertiary/aromatic N) is 3. The number of benzene rings is 1. The number of aromatic nitrogens is 2. The Kier molecular flexibility index (Phi) is 3.41. The van der Waals surface area contributed by atoms with Gasteiger partial charge in [-0.15, -0.1) is 0 Å². The third-order valence-electron chi connectivity index (χ3n) is 3.67. The summed E-state index contributed by atoms with van der Waals surface area (Å²) >= 11 is 0. The Morgan fingerprint density at radius 2 is 2.25 bits per heavy atom. The van der Waals surface area contributed by atoms with Crippen molar-refractivity contribution in [2.24, 2.45) is 0 Å². The lowest BCUT2D eigenvalue weighted by atomic mass is 10.0. The molecule has 1 fully saturated rings. The molecule has 20 heavy (non-hydrogen) atoms. The third kappa shape index (κ3) is 2.39. The summed E-state index contributed by atoms with van der Waals surface area (Å²) in [4.78, 5) is 10.8. The summed E-state index contributed by atoms with van der Waals surface area (Å²) < 4.78 is 5.31. The van der Waals surface area contributed by atoms with E-state index in [9.17, 15) is 0 Å². The molecular weight excluding hydrogens is 252 g/mol. The van der Waals surface area contributed by atoms with Gasteiger partial charge >= 0.3 is 0 Å². The number of anilines is 2. The zero-order chi connectivity index (χ0) is 13.9. The van der Waals surface area contributed by atoms with Crippen LogP contribution in [0.1, 0.15) is 24.4 Å². The number of nitrogen functional groups attached to an aromatic ring is 1. The minimum absolute atomic E-state index is 0.307. The number of hydrogen-bond acceptors (Lipinski definition) is 5. The van der Waals surface area contributed by atoms with Gasteiger partial charge in [0.25, 0.3) is 0 Å². The lowest BCUT2D eigenvalue weighted by Crippen LogP contribution is -2.24. The monoisotopic (exact) mass is 270 g/mol. The van der Waals surface area contributed by atoms with Crippen molar-refractivity contribution < 1.29 is 4.74 Å². The van der Waals surface area contributed by atoms with Gasteiger partial charge in [0.05, 0.1) is 25.5 Å². The maximum absolute atomic E-state index is 5.74. The number of methoxy groups -OCH3 is 1. The van der Waals surface area contributed by atoms with Gasteiger partial charge in [0.15, 0.2) is 0 Å². The maximum atomic E-state index is 5.74. The summed E-state index contributed by atoms with van der Waals surface area (Å²) in [6, 6.07) is 8.51. The fraction of sp³-hybridized carbons (Fsp3) is 0.333. The predicted octanol–water partition coefficient (Wildman–Crippen LogP) is 2.41. The van der Waals surface area contributed by atoms with Crippen LogP contribution in [0.5, 0.6) is 5.75 Å². The molecule has 3 rings (SSSR count). The van der Waals surface area contributed by atoms with Crippen LogP contribution in [0.4, 0.5) is 11.6 Å². The Morgan fingerprint density at radius 3 is 3.05 bits per heavy atom. The van der Waals surface area contributed by atoms with Gasteiger partial charge in [0.2, 0.25) is 0 Å². The van der Waals surface area contributed by atoms with Crippen molar-refractivity contribution in [2.45, 2.75) is 18.9 Å². The molecule has 1 saturated heterocycles. The molecule has 1 aromatic carbocycles. The van der Waals surface area contributed by atoms with E-state index in [0.29, 0.717) is 11.9 Å². The Hall–Kier alpha value is -2.30. The molecule has 0 amide bonds. The van der Waals surface area contributed by atoms with Gasteiger partial charge in [-0.05, 0) is 30.5 Å². The fourth-order valence-corrected chi connectivity index (χ4v) is 2.74. The van der Waals surface area contributed by atoms with Crippen LogP contribution >= 0.6 is 0 Å². The topological polar surface area (TPSA) is 64.3 Å². The fourth-order valence-electron chi connectivity index (χ4n) is 2.74. The summed E-state index contributed by atoms with van der Waals surface area (Å²) in [7, 11) is 1.69. The summed E-state index contributed by atoms with van der Waals surface area (Å²) in [5.41, 5.74) is 6.98. The molecule has 5 heteroatoms. The lowest BCUT2D eigenvalue weighted by Gasteiger charge is -2.26. The first-order valence-corrected chi connectivity index (χ1v) is 6.76. The standard InChI is InChI=1S/C15H18N4O/c1-20-12-5-2-4-11(8-12)13-6-3-7-19(13)15-10-17-9-14(16)18-15/h2,4-5,8-10,13H,3,6-7H2,1H3,(H2,16,18). The van der Waals surface area contributed by atoms with E-state index in [4.69, 9.17) is 10.5 Å². The minimum atomic E-state index is 0.307. The highest BCUT2D eigenvalue weighted by molar-refractivity contribution is 5.46. The van der Waals surface area contributed by atoms with Crippen molar-refractivity contribution in [1.82, 2.24) is 9.97 Å². The van der Waals surface area contributed by atoms with Crippen LogP contribution in [-0.4, -0.2) is 23.6 Å². The normalized spacial score (nSPS) is 18.2. The van der Waals surface area contributed by atoms with E-state index in [1.165, 1.54) is 5.56 Å². The molecule has 1 aliphatic rings. The smallest absolute Gasteiger partial charge is 0.150 e. The van der Waals surface area contributed by atoms with Crippen molar-refractivity contribution in [3.05, 3.63) is 42.2 Å². The lowest BCUT2D eigenvalue weighted by molar-refractivity contribution is 0.414. The number of nitrogens with two attached hydrogens (primary N) is 1. The molecule has 0 bridgehead atoms. The van der Waals surface area contributed by atoms with Crippen LogP contribution in [0, 0.1) is 0 Å². The summed E-state index contributed by atoms with van der Waals surface area (Å²) in [6.45, 7) is 0.972. The Labute approximate surface area is 118 Å². The largest absolute Gasteiger partial charge is 0.497 e. The molecule has 0 aliphatic carbocycles. The third-order valence-corrected chi connectivity index (χ3v) is 3.67. The van der Waals surface area contributed by atoms with Crippen LogP contribution in [0.15, 0.2) is 36.7 Å². The van der Waals surface area contributed by atoms with E-state index in [1.54, 1.807) is 19.5 Å². The molecule has 104 valence electrons. The van der Waals surface area contributed by atoms with Crippen LogP contribution in [0.25, 0.3) is 0 Å². The van der Waals surface area contributed by atoms with Crippen LogP contribution in [-0.2, 0) is 0 Å². The molecule has 1 unspecified atom stereocenters. The average molecular weight is 270 g/mol. The summed E-state index contributed by atoms with van der Waals surface area (Å²) in [5, 5.41) is 0. The zero-order valence-corrected chi connectivity index (χ0v) is 11.5. The second-order valence-corrected chi connectivity index (χ2v) is 4.93. The van der Waals surface area contributed by atoms with Crippen molar-refractivity contribution >= 4 is 11.6 Å². The van der Waals surface area contributed by atoms with E-state index in [1.807, 2.05) is 12.1 Å². The molecule has 1 aliphatic heterocycles. The first-order chi connectivity index (χ1) is 9.78. The molecular formula is C15H18N4O. The Balaban J connectivity index is 1.92. The van der Waals surface area contributed by atoms with Gasteiger partial charge in [-0.2, -0.15) is 0 Å². The van der Waals surface area contributed by atoms with Crippen molar-refractivity contribution in [1.29, 1.82) is 0 Å². The Morgan fingerprint density at radius 1 is 1.35 bits per heavy atom. The van der Waals surface area contributed by atoms with Gasteiger partial charge in [0, 0.05) is 6.54 Å². The van der Waals surface area contributed by atoms with Gasteiger partial charge in [-0.1, -0.05) is 12.1 Å². The SMILES string of the molecule is COc1cccc(C2CCCN2c2cncc(N)n2)c1. The first kappa shape index (κ1) is 12.7. The molecule has 1 atom stereocenters. The number of rotatable bonds is 3. The minimum Gasteiger partial charge on any atom is -0.497 e. The van der Waals surface area contributed by atoms with Gasteiger partial charge in [-0.25, -0.2) is 4.98 Å². The van der Waals surface area contributed by atoms with Crippen LogP contribution in [0.2, 0.25) is 0 Å². The van der Waals surface area contributed by atoms with Gasteiger partial charge < -0.3 is 15.4 Å². The predicted molar refractivity (Wildman–Crippen MR) is 78.8 cm³/mol. The highest BCUT2D eigenvalue weighted by atomic mass is 16.5. The van der Waals surface area contributed by atoms with Crippen molar-refractivity contribution in [3.63, 3.8) is 0 Å². The van der Waals surface area contributed by atoms with E-state index in [2.05, 4.69) is 27.0 Å². The van der Waals surface area contributed by atoms with Crippen molar-refractivity contribution in [3.8, 4) is 5.75 Å². The van der Waals surface area contributed by atoms with Crippen molar-refractivity contribution in [2.75, 3.05) is 24.3 Å². The Bertz CT molecular complexity index is 602. The quantitative estimate of drug-likeness (QED) is 0.927. The second-order valence-electron chi connectivity index (χ2n) is 4.93. The maximum Gasteiger partial charge on any atom is 0.150 e. The summed E-state index contributed by atoms with van der Waals surface area (Å²) in [6.07, 6.45) is 5.58. The van der Waals surface area contributed by atoms with E-state index < -0.39 is 0 Å². The second kappa shape index (κ2) is 5.36. The van der Waals surface area contributed by atoms with E-state index in [0.717, 1.165) is 31.0 Å². The average Bonchev–Trinajstić information content (AvgIpc) is 2.97. The van der Waals surface area contributed by atoms with Gasteiger partial charge in [-0.3, -0.25) is 4.98 Å². The molecule has 0 spiro atoms. The van der Waals surface area contributed by atoms with E-state index >= 15 is 0 Å². The first-order valence-electron chi connectivity index (χ1n) is 6.76.